The van der Waals surface area contributed by atoms with E-state index in [-0.39, 0.29) is 6.10 Å². The summed E-state index contributed by atoms with van der Waals surface area (Å²) < 4.78 is 8.55. The molecular weight excluding hydrogens is 406 g/mol. The van der Waals surface area contributed by atoms with Crippen LogP contribution in [0, 0.1) is 0 Å². The zero-order chi connectivity index (χ0) is 18.2. The Morgan fingerprint density at radius 3 is 2.96 bits per heavy atom. The number of anilines is 1. The Kier molecular flexibility index (Phi) is 4.26. The summed E-state index contributed by atoms with van der Waals surface area (Å²) in [5.41, 5.74) is 3.46. The SMILES string of the molecule is Brc1cccc(-c2nnn3c2nc(NCC2CCCO2)c2ccccc23)c1. The van der Waals surface area contributed by atoms with Gasteiger partial charge in [0.1, 0.15) is 11.5 Å². The summed E-state index contributed by atoms with van der Waals surface area (Å²) >= 11 is 3.53. The highest BCUT2D eigenvalue weighted by atomic mass is 79.9. The summed E-state index contributed by atoms with van der Waals surface area (Å²) in [5.74, 6) is 0.840. The zero-order valence-electron chi connectivity index (χ0n) is 14.6. The third-order valence-corrected chi connectivity index (χ3v) is 5.36. The van der Waals surface area contributed by atoms with E-state index in [1.807, 2.05) is 47.0 Å². The molecule has 0 amide bonds. The number of fused-ring (bicyclic) bond motifs is 3. The van der Waals surface area contributed by atoms with Crippen molar-refractivity contribution in [1.82, 2.24) is 19.8 Å². The molecule has 136 valence electrons. The van der Waals surface area contributed by atoms with Crippen molar-refractivity contribution >= 4 is 38.3 Å². The number of nitrogens with one attached hydrogen (secondary N) is 1. The van der Waals surface area contributed by atoms with Gasteiger partial charge in [0, 0.05) is 28.6 Å². The summed E-state index contributed by atoms with van der Waals surface area (Å²) in [6.45, 7) is 1.60. The second-order valence-corrected chi connectivity index (χ2v) is 7.59. The molecule has 5 rings (SSSR count). The first-order chi connectivity index (χ1) is 13.3. The van der Waals surface area contributed by atoms with E-state index >= 15 is 0 Å². The molecule has 3 heterocycles. The Hall–Kier alpha value is -2.51. The molecular formula is C20H18BrN5O. The lowest BCUT2D eigenvalue weighted by molar-refractivity contribution is 0.120. The Morgan fingerprint density at radius 1 is 1.19 bits per heavy atom. The molecule has 1 unspecified atom stereocenters. The van der Waals surface area contributed by atoms with Crippen LogP contribution in [0.4, 0.5) is 5.82 Å². The lowest BCUT2D eigenvalue weighted by atomic mass is 10.1. The fourth-order valence-electron chi connectivity index (χ4n) is 3.54. The van der Waals surface area contributed by atoms with E-state index in [0.717, 1.165) is 64.1 Å². The molecule has 1 aliphatic heterocycles. The van der Waals surface area contributed by atoms with Gasteiger partial charge in [-0.05, 0) is 37.1 Å². The van der Waals surface area contributed by atoms with Gasteiger partial charge in [-0.3, -0.25) is 0 Å². The van der Waals surface area contributed by atoms with Gasteiger partial charge in [0.2, 0.25) is 0 Å². The largest absolute Gasteiger partial charge is 0.376 e. The maximum atomic E-state index is 5.74. The van der Waals surface area contributed by atoms with Gasteiger partial charge in [0.15, 0.2) is 5.65 Å². The van der Waals surface area contributed by atoms with Gasteiger partial charge in [-0.1, -0.05) is 45.4 Å². The van der Waals surface area contributed by atoms with Crippen molar-refractivity contribution in [3.63, 3.8) is 0 Å². The minimum Gasteiger partial charge on any atom is -0.376 e. The van der Waals surface area contributed by atoms with Gasteiger partial charge in [-0.25, -0.2) is 4.98 Å². The van der Waals surface area contributed by atoms with E-state index in [1.54, 1.807) is 0 Å². The zero-order valence-corrected chi connectivity index (χ0v) is 16.2. The highest BCUT2D eigenvalue weighted by Crippen LogP contribution is 2.29. The molecule has 0 radical (unpaired) electrons. The molecule has 27 heavy (non-hydrogen) atoms. The Labute approximate surface area is 164 Å². The summed E-state index contributed by atoms with van der Waals surface area (Å²) in [6.07, 6.45) is 2.46. The van der Waals surface area contributed by atoms with Crippen molar-refractivity contribution in [2.45, 2.75) is 18.9 Å². The maximum absolute atomic E-state index is 5.74. The van der Waals surface area contributed by atoms with Crippen LogP contribution in [0.25, 0.3) is 27.8 Å². The molecule has 6 nitrogen and oxygen atoms in total. The van der Waals surface area contributed by atoms with E-state index < -0.39 is 0 Å². The number of halogens is 1. The van der Waals surface area contributed by atoms with Crippen molar-refractivity contribution in [3.8, 4) is 11.3 Å². The Balaban J connectivity index is 1.64. The lowest BCUT2D eigenvalue weighted by Gasteiger charge is -2.13. The quantitative estimate of drug-likeness (QED) is 0.529. The van der Waals surface area contributed by atoms with Gasteiger partial charge in [-0.15, -0.1) is 5.10 Å². The predicted octanol–water partition coefficient (Wildman–Crippen LogP) is 4.30. The van der Waals surface area contributed by atoms with Crippen molar-refractivity contribution in [1.29, 1.82) is 0 Å². The first-order valence-electron chi connectivity index (χ1n) is 9.05. The van der Waals surface area contributed by atoms with Crippen LogP contribution in [0.5, 0.6) is 0 Å². The third-order valence-electron chi connectivity index (χ3n) is 4.87. The fourth-order valence-corrected chi connectivity index (χ4v) is 3.94. The smallest absolute Gasteiger partial charge is 0.186 e. The third kappa shape index (κ3) is 3.07. The summed E-state index contributed by atoms with van der Waals surface area (Å²) in [6, 6.07) is 16.1. The molecule has 0 spiro atoms. The molecule has 2 aromatic heterocycles. The van der Waals surface area contributed by atoms with Crippen LogP contribution in [-0.2, 0) is 4.74 Å². The van der Waals surface area contributed by atoms with Gasteiger partial charge < -0.3 is 10.1 Å². The highest BCUT2D eigenvalue weighted by molar-refractivity contribution is 9.10. The monoisotopic (exact) mass is 423 g/mol. The van der Waals surface area contributed by atoms with E-state index in [1.165, 1.54) is 0 Å². The number of rotatable bonds is 4. The highest BCUT2D eigenvalue weighted by Gasteiger charge is 2.18. The molecule has 7 heteroatoms. The summed E-state index contributed by atoms with van der Waals surface area (Å²) in [5, 5.41) is 13.3. The predicted molar refractivity (Wildman–Crippen MR) is 109 cm³/mol. The molecule has 1 fully saturated rings. The van der Waals surface area contributed by atoms with Crippen molar-refractivity contribution < 1.29 is 4.74 Å². The molecule has 1 aliphatic rings. The van der Waals surface area contributed by atoms with E-state index in [4.69, 9.17) is 9.72 Å². The van der Waals surface area contributed by atoms with Crippen molar-refractivity contribution in [3.05, 3.63) is 53.0 Å². The van der Waals surface area contributed by atoms with Crippen LogP contribution >= 0.6 is 15.9 Å². The summed E-state index contributed by atoms with van der Waals surface area (Å²) in [4.78, 5) is 4.89. The average molecular weight is 424 g/mol. The van der Waals surface area contributed by atoms with E-state index in [0.29, 0.717) is 0 Å². The number of hydrogen-bond acceptors (Lipinski definition) is 5. The second kappa shape index (κ2) is 6.90. The number of nitrogens with zero attached hydrogens (tertiary/aromatic N) is 4. The van der Waals surface area contributed by atoms with Gasteiger partial charge in [-0.2, -0.15) is 4.52 Å². The molecule has 0 saturated carbocycles. The number of para-hydroxylation sites is 1. The number of benzene rings is 2. The Morgan fingerprint density at radius 2 is 2.11 bits per heavy atom. The topological polar surface area (TPSA) is 64.3 Å². The average Bonchev–Trinajstić information content (AvgIpc) is 3.36. The second-order valence-electron chi connectivity index (χ2n) is 6.68. The molecule has 1 N–H and O–H groups in total. The van der Waals surface area contributed by atoms with Crippen molar-refractivity contribution in [2.24, 2.45) is 0 Å². The Bertz CT molecular complexity index is 1120. The minimum atomic E-state index is 0.245. The van der Waals surface area contributed by atoms with Crippen LogP contribution in [0.1, 0.15) is 12.8 Å². The molecule has 1 saturated heterocycles. The summed E-state index contributed by atoms with van der Waals surface area (Å²) in [7, 11) is 0. The normalized spacial score (nSPS) is 17.0. The fraction of sp³-hybridized carbons (Fsp3) is 0.250. The number of ether oxygens (including phenoxy) is 1. The molecule has 0 aliphatic carbocycles. The van der Waals surface area contributed by atoms with Crippen LogP contribution in [-0.4, -0.2) is 39.1 Å². The lowest BCUT2D eigenvalue weighted by Crippen LogP contribution is -2.19. The van der Waals surface area contributed by atoms with Crippen LogP contribution in [0.2, 0.25) is 0 Å². The van der Waals surface area contributed by atoms with Gasteiger partial charge in [0.05, 0.1) is 11.6 Å². The van der Waals surface area contributed by atoms with E-state index in [9.17, 15) is 0 Å². The maximum Gasteiger partial charge on any atom is 0.186 e. The minimum absolute atomic E-state index is 0.245. The van der Waals surface area contributed by atoms with E-state index in [2.05, 4.69) is 37.6 Å². The van der Waals surface area contributed by atoms with Crippen LogP contribution in [0.15, 0.2) is 53.0 Å². The van der Waals surface area contributed by atoms with Gasteiger partial charge in [0.25, 0.3) is 0 Å². The molecule has 4 aromatic rings. The van der Waals surface area contributed by atoms with Crippen molar-refractivity contribution in [2.75, 3.05) is 18.5 Å². The van der Waals surface area contributed by atoms with Crippen LogP contribution < -0.4 is 5.32 Å². The number of hydrogen-bond donors (Lipinski definition) is 1. The molecule has 2 aromatic carbocycles. The first-order valence-corrected chi connectivity index (χ1v) is 9.84. The number of aromatic nitrogens is 4. The molecule has 1 atom stereocenters. The van der Waals surface area contributed by atoms with Crippen LogP contribution in [0.3, 0.4) is 0 Å². The molecule has 0 bridgehead atoms. The standard InChI is InChI=1S/C20H18BrN5O/c21-14-6-3-5-13(11-14)18-20-23-19(22-12-15-7-4-10-27-15)16-8-1-2-9-17(16)26(20)25-24-18/h1-3,5-6,8-9,11,15H,4,7,10,12H2,(H,22,23). The van der Waals surface area contributed by atoms with Gasteiger partial charge >= 0.3 is 0 Å². The first kappa shape index (κ1) is 16.6.